The highest BCUT2D eigenvalue weighted by atomic mass is 16.1. The largest absolute Gasteiger partial charge is 0.307 e. The van der Waals surface area contributed by atoms with Crippen molar-refractivity contribution in [2.75, 3.05) is 6.54 Å². The molecule has 1 aromatic carbocycles. The number of hydrogen-bond acceptors (Lipinski definition) is 3. The Kier molecular flexibility index (Phi) is 4.05. The summed E-state index contributed by atoms with van der Waals surface area (Å²) in [5, 5.41) is 4.27. The molecule has 0 aliphatic heterocycles. The number of carbonyl (C=O) groups is 1. The van der Waals surface area contributed by atoms with E-state index in [9.17, 15) is 4.79 Å². The molecule has 0 aliphatic rings. The molecule has 0 saturated carbocycles. The predicted molar refractivity (Wildman–Crippen MR) is 73.8 cm³/mol. The summed E-state index contributed by atoms with van der Waals surface area (Å²) in [5.74, 6) is 0.114. The Morgan fingerprint density at radius 1 is 1.39 bits per heavy atom. The van der Waals surface area contributed by atoms with E-state index in [1.165, 1.54) is 0 Å². The number of aromatic nitrogens is 1. The molecular formula is C15H18N2O. The third kappa shape index (κ3) is 2.93. The SMILES string of the molecule is CCC(C)NCC(=O)c1ccc2cccnc2c1. The summed E-state index contributed by atoms with van der Waals surface area (Å²) in [6, 6.07) is 9.93. The Balaban J connectivity index is 2.13. The number of nitrogens with zero attached hydrogens (tertiary/aromatic N) is 1. The van der Waals surface area contributed by atoms with Crippen LogP contribution in [0.1, 0.15) is 30.6 Å². The number of ketones is 1. The molecule has 0 aliphatic carbocycles. The second-order valence-corrected chi connectivity index (χ2v) is 4.52. The first kappa shape index (κ1) is 12.7. The summed E-state index contributed by atoms with van der Waals surface area (Å²) in [5.41, 5.74) is 1.59. The second-order valence-electron chi connectivity index (χ2n) is 4.52. The first-order chi connectivity index (χ1) is 8.70. The molecule has 2 aromatic rings. The van der Waals surface area contributed by atoms with Gasteiger partial charge in [0.1, 0.15) is 0 Å². The van der Waals surface area contributed by atoms with Crippen molar-refractivity contribution in [2.45, 2.75) is 26.3 Å². The normalized spacial score (nSPS) is 12.6. The average Bonchev–Trinajstić information content (AvgIpc) is 2.43. The number of carbonyl (C=O) groups excluding carboxylic acids is 1. The van der Waals surface area contributed by atoms with Gasteiger partial charge in [-0.15, -0.1) is 0 Å². The van der Waals surface area contributed by atoms with Gasteiger partial charge in [-0.3, -0.25) is 9.78 Å². The molecular weight excluding hydrogens is 224 g/mol. The van der Waals surface area contributed by atoms with Crippen LogP contribution in [0.5, 0.6) is 0 Å². The van der Waals surface area contributed by atoms with E-state index in [0.717, 1.165) is 22.9 Å². The number of fused-ring (bicyclic) bond motifs is 1. The molecule has 0 radical (unpaired) electrons. The van der Waals surface area contributed by atoms with Gasteiger partial charge in [-0.2, -0.15) is 0 Å². The standard InChI is InChI=1S/C15H18N2O/c1-3-11(2)17-10-15(18)13-7-6-12-5-4-8-16-14(12)9-13/h4-9,11,17H,3,10H2,1-2H3. The molecule has 18 heavy (non-hydrogen) atoms. The summed E-state index contributed by atoms with van der Waals surface area (Å²) >= 11 is 0. The maximum absolute atomic E-state index is 12.0. The lowest BCUT2D eigenvalue weighted by Crippen LogP contribution is -2.30. The van der Waals surface area contributed by atoms with E-state index in [4.69, 9.17) is 0 Å². The molecule has 0 saturated heterocycles. The van der Waals surface area contributed by atoms with Crippen LogP contribution in [0.4, 0.5) is 0 Å². The molecule has 1 N–H and O–H groups in total. The second kappa shape index (κ2) is 5.74. The Bertz CT molecular complexity index is 551. The van der Waals surface area contributed by atoms with Gasteiger partial charge in [0.25, 0.3) is 0 Å². The maximum Gasteiger partial charge on any atom is 0.176 e. The number of hydrogen-bond donors (Lipinski definition) is 1. The molecule has 3 heteroatoms. The van der Waals surface area contributed by atoms with Gasteiger partial charge < -0.3 is 5.32 Å². The van der Waals surface area contributed by atoms with Crippen LogP contribution in [-0.4, -0.2) is 23.4 Å². The smallest absolute Gasteiger partial charge is 0.176 e. The van der Waals surface area contributed by atoms with E-state index in [2.05, 4.69) is 24.1 Å². The van der Waals surface area contributed by atoms with E-state index in [-0.39, 0.29) is 5.78 Å². The lowest BCUT2D eigenvalue weighted by atomic mass is 10.1. The summed E-state index contributed by atoms with van der Waals surface area (Å²) in [7, 11) is 0. The highest BCUT2D eigenvalue weighted by Gasteiger charge is 2.08. The molecule has 2 rings (SSSR count). The van der Waals surface area contributed by atoms with Crippen molar-refractivity contribution in [3.8, 4) is 0 Å². The van der Waals surface area contributed by atoms with Crippen molar-refractivity contribution < 1.29 is 4.79 Å². The fraction of sp³-hybridized carbons (Fsp3) is 0.333. The van der Waals surface area contributed by atoms with Gasteiger partial charge in [0.2, 0.25) is 0 Å². The van der Waals surface area contributed by atoms with Crippen LogP contribution < -0.4 is 5.32 Å². The van der Waals surface area contributed by atoms with Crippen LogP contribution in [0.3, 0.4) is 0 Å². The van der Waals surface area contributed by atoms with Crippen LogP contribution in [0.15, 0.2) is 36.5 Å². The van der Waals surface area contributed by atoms with Gasteiger partial charge in [-0.25, -0.2) is 0 Å². The molecule has 94 valence electrons. The van der Waals surface area contributed by atoms with Gasteiger partial charge in [0, 0.05) is 23.2 Å². The highest BCUT2D eigenvalue weighted by Crippen LogP contribution is 2.13. The number of rotatable bonds is 5. The zero-order valence-corrected chi connectivity index (χ0v) is 10.8. The van der Waals surface area contributed by atoms with Crippen LogP contribution in [0.25, 0.3) is 10.9 Å². The van der Waals surface area contributed by atoms with E-state index in [0.29, 0.717) is 12.6 Å². The molecule has 1 atom stereocenters. The van der Waals surface area contributed by atoms with Crippen LogP contribution >= 0.6 is 0 Å². The molecule has 0 fully saturated rings. The van der Waals surface area contributed by atoms with Gasteiger partial charge in [0.15, 0.2) is 5.78 Å². The van der Waals surface area contributed by atoms with Crippen molar-refractivity contribution in [2.24, 2.45) is 0 Å². The number of benzene rings is 1. The Morgan fingerprint density at radius 2 is 2.22 bits per heavy atom. The van der Waals surface area contributed by atoms with E-state index in [1.807, 2.05) is 30.3 Å². The minimum atomic E-state index is 0.114. The minimum absolute atomic E-state index is 0.114. The van der Waals surface area contributed by atoms with Crippen molar-refractivity contribution in [1.82, 2.24) is 10.3 Å². The number of pyridine rings is 1. The van der Waals surface area contributed by atoms with Gasteiger partial charge in [-0.1, -0.05) is 25.1 Å². The first-order valence-corrected chi connectivity index (χ1v) is 6.32. The Hall–Kier alpha value is -1.74. The molecule has 0 amide bonds. The van der Waals surface area contributed by atoms with E-state index in [1.54, 1.807) is 6.20 Å². The van der Waals surface area contributed by atoms with E-state index >= 15 is 0 Å². The average molecular weight is 242 g/mol. The van der Waals surface area contributed by atoms with Crippen molar-refractivity contribution in [3.05, 3.63) is 42.1 Å². The Morgan fingerprint density at radius 3 is 3.00 bits per heavy atom. The lowest BCUT2D eigenvalue weighted by molar-refractivity contribution is 0.0988. The van der Waals surface area contributed by atoms with Gasteiger partial charge in [0.05, 0.1) is 12.1 Å². The third-order valence-electron chi connectivity index (χ3n) is 3.15. The number of nitrogens with one attached hydrogen (secondary N) is 1. The number of Topliss-reactive ketones (excluding diaryl/α,β-unsaturated/α-hetero) is 1. The van der Waals surface area contributed by atoms with Crippen molar-refractivity contribution in [3.63, 3.8) is 0 Å². The van der Waals surface area contributed by atoms with E-state index < -0.39 is 0 Å². The summed E-state index contributed by atoms with van der Waals surface area (Å²) < 4.78 is 0. The quantitative estimate of drug-likeness (QED) is 0.820. The Labute approximate surface area is 107 Å². The summed E-state index contributed by atoms with van der Waals surface area (Å²) in [4.78, 5) is 16.3. The molecule has 3 nitrogen and oxygen atoms in total. The van der Waals surface area contributed by atoms with Crippen molar-refractivity contribution in [1.29, 1.82) is 0 Å². The molecule has 0 spiro atoms. The van der Waals surface area contributed by atoms with Crippen LogP contribution in [-0.2, 0) is 0 Å². The minimum Gasteiger partial charge on any atom is -0.307 e. The first-order valence-electron chi connectivity index (χ1n) is 6.32. The van der Waals surface area contributed by atoms with Crippen LogP contribution in [0, 0.1) is 0 Å². The van der Waals surface area contributed by atoms with Gasteiger partial charge >= 0.3 is 0 Å². The third-order valence-corrected chi connectivity index (χ3v) is 3.15. The maximum atomic E-state index is 12.0. The highest BCUT2D eigenvalue weighted by molar-refractivity contribution is 6.00. The fourth-order valence-electron chi connectivity index (χ4n) is 1.75. The summed E-state index contributed by atoms with van der Waals surface area (Å²) in [6.07, 6.45) is 2.76. The summed E-state index contributed by atoms with van der Waals surface area (Å²) in [6.45, 7) is 4.56. The monoisotopic (exact) mass is 242 g/mol. The molecule has 1 aromatic heterocycles. The zero-order valence-electron chi connectivity index (χ0n) is 10.8. The zero-order chi connectivity index (χ0) is 13.0. The molecule has 0 bridgehead atoms. The topological polar surface area (TPSA) is 42.0 Å². The fourth-order valence-corrected chi connectivity index (χ4v) is 1.75. The van der Waals surface area contributed by atoms with Crippen molar-refractivity contribution >= 4 is 16.7 Å². The molecule has 1 heterocycles. The molecule has 1 unspecified atom stereocenters. The van der Waals surface area contributed by atoms with Crippen LogP contribution in [0.2, 0.25) is 0 Å². The van der Waals surface area contributed by atoms with Gasteiger partial charge in [-0.05, 0) is 25.5 Å². The lowest BCUT2D eigenvalue weighted by Gasteiger charge is -2.10. The predicted octanol–water partition coefficient (Wildman–Crippen LogP) is 2.81.